The van der Waals surface area contributed by atoms with Crippen LogP contribution in [0.1, 0.15) is 35.4 Å². The van der Waals surface area contributed by atoms with Gasteiger partial charge in [-0.05, 0) is 24.6 Å². The van der Waals surface area contributed by atoms with Gasteiger partial charge in [-0.2, -0.15) is 0 Å². The molecule has 0 aliphatic rings. The minimum atomic E-state index is -1.43. The highest BCUT2D eigenvalue weighted by Crippen LogP contribution is 2.21. The number of carbonyl (C=O) groups excluding carboxylic acids is 2. The lowest BCUT2D eigenvalue weighted by atomic mass is 10.0. The Kier molecular flexibility index (Phi) is 5.59. The van der Waals surface area contributed by atoms with E-state index in [-0.39, 0.29) is 17.7 Å². The maximum Gasteiger partial charge on any atom is 0.308 e. The van der Waals surface area contributed by atoms with Crippen LogP contribution in [0.15, 0.2) is 18.2 Å². The van der Waals surface area contributed by atoms with Crippen LogP contribution in [0.4, 0.5) is 4.39 Å². The summed E-state index contributed by atoms with van der Waals surface area (Å²) in [7, 11) is 0. The number of aliphatic hydroxyl groups excluding tert-OH is 2. The molecule has 2 unspecified atom stereocenters. The van der Waals surface area contributed by atoms with E-state index >= 15 is 0 Å². The van der Waals surface area contributed by atoms with Gasteiger partial charge >= 0.3 is 5.97 Å². The molecule has 0 amide bonds. The van der Waals surface area contributed by atoms with Crippen molar-refractivity contribution in [3.8, 4) is 0 Å². The van der Waals surface area contributed by atoms with Gasteiger partial charge in [0.15, 0.2) is 6.29 Å². The van der Waals surface area contributed by atoms with Crippen molar-refractivity contribution in [1.82, 2.24) is 0 Å². The molecule has 19 heavy (non-hydrogen) atoms. The van der Waals surface area contributed by atoms with Gasteiger partial charge in [0.05, 0.1) is 24.7 Å². The van der Waals surface area contributed by atoms with E-state index < -0.39 is 30.4 Å². The molecule has 0 aromatic heterocycles. The minimum Gasteiger partial charge on any atom is -0.466 e. The molecule has 0 radical (unpaired) electrons. The van der Waals surface area contributed by atoms with Crippen molar-refractivity contribution >= 4 is 12.3 Å². The van der Waals surface area contributed by atoms with Crippen LogP contribution in [-0.4, -0.2) is 35.2 Å². The summed E-state index contributed by atoms with van der Waals surface area (Å²) in [6.45, 7) is 1.79. The second-order valence-electron chi connectivity index (χ2n) is 3.92. The van der Waals surface area contributed by atoms with Crippen molar-refractivity contribution in [2.45, 2.75) is 25.6 Å². The predicted molar refractivity (Wildman–Crippen MR) is 64.0 cm³/mol. The first-order chi connectivity index (χ1) is 8.99. The molecule has 0 bridgehead atoms. The molecule has 1 aromatic rings. The lowest BCUT2D eigenvalue weighted by molar-refractivity contribution is -0.147. The fourth-order valence-corrected chi connectivity index (χ4v) is 1.55. The number of rotatable bonds is 6. The average molecular weight is 270 g/mol. The molecule has 0 fully saturated rings. The van der Waals surface area contributed by atoms with Crippen LogP contribution < -0.4 is 0 Å². The lowest BCUT2D eigenvalue weighted by Gasteiger charge is -2.17. The first-order valence-electron chi connectivity index (χ1n) is 5.76. The topological polar surface area (TPSA) is 83.8 Å². The highest BCUT2D eigenvalue weighted by Gasteiger charge is 2.22. The Morgan fingerprint density at radius 3 is 2.68 bits per heavy atom. The van der Waals surface area contributed by atoms with Gasteiger partial charge in [0.25, 0.3) is 0 Å². The Morgan fingerprint density at radius 1 is 1.47 bits per heavy atom. The Balaban J connectivity index is 2.76. The molecule has 6 heteroatoms. The maximum absolute atomic E-state index is 13.3. The Labute approximate surface area is 109 Å². The summed E-state index contributed by atoms with van der Waals surface area (Å²) in [6, 6.07) is 3.45. The van der Waals surface area contributed by atoms with Crippen molar-refractivity contribution in [2.75, 3.05) is 6.61 Å². The van der Waals surface area contributed by atoms with E-state index in [9.17, 15) is 24.2 Å². The predicted octanol–water partition coefficient (Wildman–Crippen LogP) is 0.986. The molecule has 2 atom stereocenters. The normalized spacial score (nSPS) is 13.7. The summed E-state index contributed by atoms with van der Waals surface area (Å²) < 4.78 is 18.0. The summed E-state index contributed by atoms with van der Waals surface area (Å²) in [4.78, 5) is 21.6. The van der Waals surface area contributed by atoms with Gasteiger partial charge in [-0.1, -0.05) is 6.07 Å². The van der Waals surface area contributed by atoms with E-state index in [0.29, 0.717) is 6.29 Å². The third-order valence-electron chi connectivity index (χ3n) is 2.54. The SMILES string of the molecule is CCOC(=O)CC(O)C(O)c1ccc(C=O)c(F)c1. The number of carbonyl (C=O) groups is 2. The number of hydrogen-bond donors (Lipinski definition) is 2. The zero-order valence-electron chi connectivity index (χ0n) is 10.4. The van der Waals surface area contributed by atoms with Gasteiger partial charge < -0.3 is 14.9 Å². The smallest absolute Gasteiger partial charge is 0.308 e. The van der Waals surface area contributed by atoms with E-state index in [4.69, 9.17) is 0 Å². The fraction of sp³-hybridized carbons (Fsp3) is 0.385. The summed E-state index contributed by atoms with van der Waals surface area (Å²) in [5.74, 6) is -1.45. The van der Waals surface area contributed by atoms with Crippen molar-refractivity contribution in [1.29, 1.82) is 0 Å². The van der Waals surface area contributed by atoms with E-state index in [2.05, 4.69) is 4.74 Å². The van der Waals surface area contributed by atoms with Crippen molar-refractivity contribution < 1.29 is 28.9 Å². The van der Waals surface area contributed by atoms with Gasteiger partial charge in [-0.3, -0.25) is 9.59 Å². The first-order valence-corrected chi connectivity index (χ1v) is 5.76. The molecule has 0 spiro atoms. The first kappa shape index (κ1) is 15.3. The highest BCUT2D eigenvalue weighted by molar-refractivity contribution is 5.75. The molecule has 104 valence electrons. The number of ether oxygens (including phenoxy) is 1. The van der Waals surface area contributed by atoms with Crippen LogP contribution in [0.25, 0.3) is 0 Å². The molecule has 5 nitrogen and oxygen atoms in total. The fourth-order valence-electron chi connectivity index (χ4n) is 1.55. The molecular formula is C13H15FO5. The third-order valence-corrected chi connectivity index (χ3v) is 2.54. The minimum absolute atomic E-state index is 0.0832. The molecule has 0 aliphatic carbocycles. The molecule has 1 rings (SSSR count). The largest absolute Gasteiger partial charge is 0.466 e. The number of aldehydes is 1. The summed E-state index contributed by atoms with van der Waals surface area (Å²) >= 11 is 0. The number of esters is 1. The van der Waals surface area contributed by atoms with Gasteiger partial charge in [0.1, 0.15) is 11.9 Å². The highest BCUT2D eigenvalue weighted by atomic mass is 19.1. The van der Waals surface area contributed by atoms with E-state index in [1.165, 1.54) is 12.1 Å². The zero-order chi connectivity index (χ0) is 14.4. The van der Waals surface area contributed by atoms with Gasteiger partial charge in [0, 0.05) is 0 Å². The third kappa shape index (κ3) is 4.11. The van der Waals surface area contributed by atoms with Gasteiger partial charge in [0.2, 0.25) is 0 Å². The van der Waals surface area contributed by atoms with Gasteiger partial charge in [-0.25, -0.2) is 4.39 Å². The van der Waals surface area contributed by atoms with Gasteiger partial charge in [-0.15, -0.1) is 0 Å². The summed E-state index contributed by atoms with van der Waals surface area (Å²) in [6.07, 6.45) is -2.88. The zero-order valence-corrected chi connectivity index (χ0v) is 10.4. The molecular weight excluding hydrogens is 255 g/mol. The summed E-state index contributed by atoms with van der Waals surface area (Å²) in [5, 5.41) is 19.4. The van der Waals surface area contributed by atoms with Crippen LogP contribution in [-0.2, 0) is 9.53 Å². The molecule has 1 aromatic carbocycles. The van der Waals surface area contributed by atoms with E-state index in [1.807, 2.05) is 0 Å². The quantitative estimate of drug-likeness (QED) is 0.595. The molecule has 0 heterocycles. The molecule has 0 aliphatic heterocycles. The monoisotopic (exact) mass is 270 g/mol. The molecule has 0 saturated carbocycles. The lowest BCUT2D eigenvalue weighted by Crippen LogP contribution is -2.23. The maximum atomic E-state index is 13.3. The second-order valence-corrected chi connectivity index (χ2v) is 3.92. The van der Waals surface area contributed by atoms with E-state index in [1.54, 1.807) is 6.92 Å². The van der Waals surface area contributed by atoms with Crippen LogP contribution in [0, 0.1) is 5.82 Å². The molecule has 0 saturated heterocycles. The molecule has 2 N–H and O–H groups in total. The average Bonchev–Trinajstić information content (AvgIpc) is 2.37. The Bertz CT molecular complexity index is 460. The number of halogens is 1. The number of hydrogen-bond acceptors (Lipinski definition) is 5. The number of aliphatic hydroxyl groups is 2. The van der Waals surface area contributed by atoms with Crippen LogP contribution in [0.3, 0.4) is 0 Å². The Hall–Kier alpha value is -1.79. The standard InChI is InChI=1S/C13H15FO5/c1-2-19-12(17)6-11(16)13(18)8-3-4-9(7-15)10(14)5-8/h3-5,7,11,13,16,18H,2,6H2,1H3. The number of benzene rings is 1. The van der Waals surface area contributed by atoms with Crippen LogP contribution in [0.5, 0.6) is 0 Å². The van der Waals surface area contributed by atoms with Crippen molar-refractivity contribution in [3.63, 3.8) is 0 Å². The Morgan fingerprint density at radius 2 is 2.16 bits per heavy atom. The summed E-state index contributed by atoms with van der Waals surface area (Å²) in [5.41, 5.74) is -0.0595. The van der Waals surface area contributed by atoms with Crippen LogP contribution in [0.2, 0.25) is 0 Å². The van der Waals surface area contributed by atoms with Crippen molar-refractivity contribution in [2.24, 2.45) is 0 Å². The van der Waals surface area contributed by atoms with Crippen LogP contribution >= 0.6 is 0 Å². The van der Waals surface area contributed by atoms with E-state index in [0.717, 1.165) is 6.07 Å². The van der Waals surface area contributed by atoms with Crippen molar-refractivity contribution in [3.05, 3.63) is 35.1 Å². The second kappa shape index (κ2) is 6.96.